The fraction of sp³-hybridized carbons (Fsp3) is 0.417. The monoisotopic (exact) mass is 280 g/mol. The third-order valence-corrected chi connectivity index (χ3v) is 2.83. The van der Waals surface area contributed by atoms with Crippen molar-refractivity contribution in [3.05, 3.63) is 35.4 Å². The van der Waals surface area contributed by atoms with Crippen LogP contribution >= 0.6 is 11.6 Å². The molecule has 0 aliphatic heterocycles. The highest BCUT2D eigenvalue weighted by molar-refractivity contribution is 6.27. The number of hydrogen-bond acceptors (Lipinski definition) is 2. The van der Waals surface area contributed by atoms with Crippen molar-refractivity contribution in [2.24, 2.45) is 0 Å². The highest BCUT2D eigenvalue weighted by Gasteiger charge is 2.31. The minimum absolute atomic E-state index is 0.0681. The predicted molar refractivity (Wildman–Crippen MR) is 61.6 cm³/mol. The molecule has 18 heavy (non-hydrogen) atoms. The van der Waals surface area contributed by atoms with Gasteiger partial charge in [-0.3, -0.25) is 4.79 Å². The van der Waals surface area contributed by atoms with Gasteiger partial charge in [0.2, 0.25) is 0 Å². The zero-order valence-corrected chi connectivity index (χ0v) is 10.1. The molecule has 100 valence electrons. The maximum Gasteiger partial charge on any atom is 0.416 e. The van der Waals surface area contributed by atoms with Crippen LogP contribution in [0.5, 0.6) is 0 Å². The normalized spacial score (nSPS) is 13.4. The number of aliphatic hydroxyl groups is 1. The minimum Gasteiger partial charge on any atom is -0.396 e. The van der Waals surface area contributed by atoms with Crippen molar-refractivity contribution < 1.29 is 23.1 Å². The molecule has 0 radical (unpaired) electrons. The van der Waals surface area contributed by atoms with E-state index in [0.717, 1.165) is 12.1 Å². The Hall–Kier alpha value is -1.07. The molecular formula is C12H12ClF3O2. The van der Waals surface area contributed by atoms with E-state index >= 15 is 0 Å². The van der Waals surface area contributed by atoms with Crippen LogP contribution in [-0.4, -0.2) is 23.4 Å². The van der Waals surface area contributed by atoms with Gasteiger partial charge in [0.1, 0.15) is 5.78 Å². The van der Waals surface area contributed by atoms with Gasteiger partial charge in [0.05, 0.1) is 18.1 Å². The summed E-state index contributed by atoms with van der Waals surface area (Å²) < 4.78 is 37.5. The van der Waals surface area contributed by atoms with E-state index in [1.54, 1.807) is 0 Å². The van der Waals surface area contributed by atoms with Crippen LogP contribution in [0.25, 0.3) is 0 Å². The molecule has 0 aromatic heterocycles. The van der Waals surface area contributed by atoms with E-state index in [1.807, 2.05) is 0 Å². The first-order valence-corrected chi connectivity index (χ1v) is 5.77. The first-order chi connectivity index (χ1) is 8.38. The summed E-state index contributed by atoms with van der Waals surface area (Å²) in [5.41, 5.74) is -0.512. The number of carbonyl (C=O) groups excluding carboxylic acids is 1. The van der Waals surface area contributed by atoms with E-state index in [9.17, 15) is 18.0 Å². The summed E-state index contributed by atoms with van der Waals surface area (Å²) in [5, 5.41) is 9.14. The molecule has 0 fully saturated rings. The van der Waals surface area contributed by atoms with Gasteiger partial charge in [0.15, 0.2) is 0 Å². The van der Waals surface area contributed by atoms with Gasteiger partial charge in [-0.2, -0.15) is 13.2 Å². The molecule has 1 N–H and O–H groups in total. The Labute approximate surface area is 107 Å². The van der Waals surface area contributed by atoms with Crippen molar-refractivity contribution in [3.8, 4) is 0 Å². The average Bonchev–Trinajstić information content (AvgIpc) is 2.34. The molecule has 1 rings (SSSR count). The Bertz CT molecular complexity index is 418. The van der Waals surface area contributed by atoms with E-state index in [1.165, 1.54) is 12.1 Å². The molecule has 0 bridgehead atoms. The van der Waals surface area contributed by atoms with Crippen molar-refractivity contribution in [2.75, 3.05) is 12.5 Å². The number of benzene rings is 1. The first-order valence-electron chi connectivity index (χ1n) is 5.24. The van der Waals surface area contributed by atoms with E-state index in [2.05, 4.69) is 0 Å². The molecule has 2 nitrogen and oxygen atoms in total. The number of carbonyl (C=O) groups is 1. The van der Waals surface area contributed by atoms with Gasteiger partial charge < -0.3 is 5.11 Å². The number of alkyl halides is 4. The van der Waals surface area contributed by atoms with E-state index in [-0.39, 0.29) is 23.6 Å². The van der Waals surface area contributed by atoms with Crippen LogP contribution in [0.3, 0.4) is 0 Å². The maximum absolute atomic E-state index is 12.5. The SMILES string of the molecule is O=C(CCl)CC(CO)c1cccc(C(F)(F)F)c1. The van der Waals surface area contributed by atoms with Crippen molar-refractivity contribution in [1.29, 1.82) is 0 Å². The quantitative estimate of drug-likeness (QED) is 0.842. The summed E-state index contributed by atoms with van der Waals surface area (Å²) in [7, 11) is 0. The molecule has 1 unspecified atom stereocenters. The molecule has 0 spiro atoms. The average molecular weight is 281 g/mol. The molecule has 0 amide bonds. The topological polar surface area (TPSA) is 37.3 Å². The van der Waals surface area contributed by atoms with Crippen molar-refractivity contribution in [3.63, 3.8) is 0 Å². The van der Waals surface area contributed by atoms with Gasteiger partial charge in [-0.25, -0.2) is 0 Å². The third-order valence-electron chi connectivity index (χ3n) is 2.53. The largest absolute Gasteiger partial charge is 0.416 e. The molecular weight excluding hydrogens is 269 g/mol. The van der Waals surface area contributed by atoms with Gasteiger partial charge >= 0.3 is 6.18 Å². The molecule has 0 heterocycles. The summed E-state index contributed by atoms with van der Waals surface area (Å²) in [5.74, 6) is -1.18. The summed E-state index contributed by atoms with van der Waals surface area (Å²) in [6.45, 7) is -0.399. The fourth-order valence-corrected chi connectivity index (χ4v) is 1.70. The molecule has 1 atom stereocenters. The van der Waals surface area contributed by atoms with Crippen LogP contribution in [0.4, 0.5) is 13.2 Å². The van der Waals surface area contributed by atoms with Crippen molar-refractivity contribution >= 4 is 17.4 Å². The van der Waals surface area contributed by atoms with E-state index in [4.69, 9.17) is 16.7 Å². The predicted octanol–water partition coefficient (Wildman–Crippen LogP) is 2.98. The summed E-state index contributed by atoms with van der Waals surface area (Å²) in [6.07, 6.45) is -4.51. The lowest BCUT2D eigenvalue weighted by Crippen LogP contribution is -2.13. The van der Waals surface area contributed by atoms with Crippen LogP contribution < -0.4 is 0 Å². The maximum atomic E-state index is 12.5. The van der Waals surface area contributed by atoms with Crippen molar-refractivity contribution in [2.45, 2.75) is 18.5 Å². The molecule has 0 saturated carbocycles. The summed E-state index contributed by atoms with van der Waals surface area (Å²) in [4.78, 5) is 11.2. The number of Topliss-reactive ketones (excluding diaryl/α,β-unsaturated/α-hetero) is 1. The van der Waals surface area contributed by atoms with Crippen molar-refractivity contribution in [1.82, 2.24) is 0 Å². The molecule has 0 saturated heterocycles. The van der Waals surface area contributed by atoms with Gasteiger partial charge in [0.25, 0.3) is 0 Å². The lowest BCUT2D eigenvalue weighted by molar-refractivity contribution is -0.137. The Balaban J connectivity index is 2.96. The van der Waals surface area contributed by atoms with Crippen LogP contribution in [-0.2, 0) is 11.0 Å². The number of aliphatic hydroxyl groups excluding tert-OH is 1. The second-order valence-corrected chi connectivity index (χ2v) is 4.15. The lowest BCUT2D eigenvalue weighted by Gasteiger charge is -2.15. The number of hydrogen-bond donors (Lipinski definition) is 1. The minimum atomic E-state index is -4.44. The molecule has 0 aliphatic carbocycles. The van der Waals surface area contributed by atoms with Crippen LogP contribution in [0, 0.1) is 0 Å². The van der Waals surface area contributed by atoms with Gasteiger partial charge in [-0.1, -0.05) is 18.2 Å². The number of halogens is 4. The summed E-state index contributed by atoms with van der Waals surface area (Å²) >= 11 is 5.33. The highest BCUT2D eigenvalue weighted by Crippen LogP contribution is 2.31. The number of ketones is 1. The Morgan fingerprint density at radius 2 is 2.06 bits per heavy atom. The standard InChI is InChI=1S/C12H12ClF3O2/c13-6-11(18)5-9(7-17)8-2-1-3-10(4-8)12(14,15)16/h1-4,9,17H,5-7H2. The smallest absolute Gasteiger partial charge is 0.396 e. The third kappa shape index (κ3) is 3.99. The van der Waals surface area contributed by atoms with Gasteiger partial charge in [-0.15, -0.1) is 11.6 Å². The highest BCUT2D eigenvalue weighted by atomic mass is 35.5. The van der Waals surface area contributed by atoms with Gasteiger partial charge in [-0.05, 0) is 11.6 Å². The fourth-order valence-electron chi connectivity index (χ4n) is 1.59. The lowest BCUT2D eigenvalue weighted by atomic mass is 9.93. The first kappa shape index (κ1) is 15.0. The zero-order valence-electron chi connectivity index (χ0n) is 9.38. The van der Waals surface area contributed by atoms with E-state index < -0.39 is 24.3 Å². The zero-order chi connectivity index (χ0) is 13.8. The Morgan fingerprint density at radius 1 is 1.39 bits per heavy atom. The molecule has 0 aliphatic rings. The Kier molecular flexibility index (Phi) is 5.16. The van der Waals surface area contributed by atoms with Crippen LogP contribution in [0.2, 0.25) is 0 Å². The Morgan fingerprint density at radius 3 is 2.56 bits per heavy atom. The molecule has 6 heteroatoms. The van der Waals surface area contributed by atoms with Crippen LogP contribution in [0.15, 0.2) is 24.3 Å². The number of rotatable bonds is 5. The molecule has 1 aromatic carbocycles. The van der Waals surface area contributed by atoms with E-state index in [0.29, 0.717) is 0 Å². The second-order valence-electron chi connectivity index (χ2n) is 3.88. The van der Waals surface area contributed by atoms with Gasteiger partial charge in [0, 0.05) is 12.3 Å². The molecule has 1 aromatic rings. The second kappa shape index (κ2) is 6.20. The van der Waals surface area contributed by atoms with Crippen LogP contribution in [0.1, 0.15) is 23.5 Å². The summed E-state index contributed by atoms with van der Waals surface area (Å²) in [6, 6.07) is 4.60.